The molecule has 0 heterocycles. The van der Waals surface area contributed by atoms with Gasteiger partial charge in [-0.05, 0) is 37.1 Å². The fraction of sp³-hybridized carbons (Fsp3) is 0.333. The minimum Gasteiger partial charge on any atom is -0.448 e. The summed E-state index contributed by atoms with van der Waals surface area (Å²) in [6, 6.07) is 3.70. The molecule has 18 heavy (non-hydrogen) atoms. The summed E-state index contributed by atoms with van der Waals surface area (Å²) >= 11 is 3.41. The van der Waals surface area contributed by atoms with Crippen LogP contribution < -0.4 is 11.1 Å². The number of hydrogen-bond acceptors (Lipinski definition) is 3. The molecule has 0 saturated carbocycles. The second-order valence-corrected chi connectivity index (χ2v) is 4.69. The van der Waals surface area contributed by atoms with Crippen molar-refractivity contribution < 1.29 is 14.3 Å². The number of nitrogens with two attached hydrogens (primary N) is 1. The number of amides is 2. The number of carbonyl (C=O) groups is 2. The van der Waals surface area contributed by atoms with Gasteiger partial charge in [0.15, 0.2) is 0 Å². The number of hydrogen-bond donors (Lipinski definition) is 2. The highest BCUT2D eigenvalue weighted by Crippen LogP contribution is 2.20. The summed E-state index contributed by atoms with van der Waals surface area (Å²) in [5.74, 6) is -0.198. The summed E-state index contributed by atoms with van der Waals surface area (Å²) < 4.78 is 5.48. The molecule has 0 saturated heterocycles. The van der Waals surface area contributed by atoms with Crippen LogP contribution in [0.4, 0.5) is 4.79 Å². The van der Waals surface area contributed by atoms with Crippen LogP contribution in [0.1, 0.15) is 21.5 Å². The van der Waals surface area contributed by atoms with Crippen LogP contribution in [-0.4, -0.2) is 25.2 Å². The van der Waals surface area contributed by atoms with Crippen molar-refractivity contribution >= 4 is 27.9 Å². The molecule has 6 heteroatoms. The van der Waals surface area contributed by atoms with Gasteiger partial charge in [0.1, 0.15) is 6.61 Å². The Morgan fingerprint density at radius 3 is 2.61 bits per heavy atom. The molecule has 0 fully saturated rings. The van der Waals surface area contributed by atoms with Crippen molar-refractivity contribution in [2.24, 2.45) is 5.73 Å². The Kier molecular flexibility index (Phi) is 5.15. The summed E-state index contributed by atoms with van der Waals surface area (Å²) in [6.07, 6.45) is -0.847. The van der Waals surface area contributed by atoms with E-state index >= 15 is 0 Å². The van der Waals surface area contributed by atoms with E-state index in [0.717, 1.165) is 15.6 Å². The first-order chi connectivity index (χ1) is 8.41. The highest BCUT2D eigenvalue weighted by atomic mass is 79.9. The second kappa shape index (κ2) is 6.39. The predicted molar refractivity (Wildman–Crippen MR) is 71.5 cm³/mol. The van der Waals surface area contributed by atoms with Gasteiger partial charge in [0.05, 0.1) is 6.54 Å². The number of primary amides is 1. The lowest BCUT2D eigenvalue weighted by molar-refractivity contribution is 0.0936. The zero-order valence-corrected chi connectivity index (χ0v) is 11.8. The maximum absolute atomic E-state index is 11.9. The number of carbonyl (C=O) groups excluding carboxylic acids is 2. The molecule has 0 radical (unpaired) electrons. The Hall–Kier alpha value is -1.56. The fourth-order valence-electron chi connectivity index (χ4n) is 1.44. The SMILES string of the molecule is Cc1cc(C(=O)NCCOC(N)=O)c(C)cc1Br. The number of nitrogens with one attached hydrogen (secondary N) is 1. The van der Waals surface area contributed by atoms with Crippen molar-refractivity contribution in [3.63, 3.8) is 0 Å². The van der Waals surface area contributed by atoms with Crippen LogP contribution in [0.5, 0.6) is 0 Å². The molecular weight excluding hydrogens is 300 g/mol. The highest BCUT2D eigenvalue weighted by Gasteiger charge is 2.10. The fourth-order valence-corrected chi connectivity index (χ4v) is 1.89. The topological polar surface area (TPSA) is 81.4 Å². The van der Waals surface area contributed by atoms with Gasteiger partial charge in [-0.3, -0.25) is 4.79 Å². The van der Waals surface area contributed by atoms with Crippen LogP contribution in [0.25, 0.3) is 0 Å². The van der Waals surface area contributed by atoms with Gasteiger partial charge >= 0.3 is 6.09 Å². The van der Waals surface area contributed by atoms with Crippen LogP contribution in [0.3, 0.4) is 0 Å². The lowest BCUT2D eigenvalue weighted by Gasteiger charge is -2.09. The van der Waals surface area contributed by atoms with E-state index in [4.69, 9.17) is 5.73 Å². The van der Waals surface area contributed by atoms with Gasteiger partial charge in [-0.1, -0.05) is 15.9 Å². The monoisotopic (exact) mass is 314 g/mol. The van der Waals surface area contributed by atoms with E-state index in [-0.39, 0.29) is 19.1 Å². The van der Waals surface area contributed by atoms with Crippen molar-refractivity contribution in [1.82, 2.24) is 5.32 Å². The molecule has 2 amide bonds. The van der Waals surface area contributed by atoms with Crippen molar-refractivity contribution in [1.29, 1.82) is 0 Å². The molecule has 0 aromatic heterocycles. The maximum atomic E-state index is 11.9. The summed E-state index contributed by atoms with van der Waals surface area (Å²) in [4.78, 5) is 22.2. The second-order valence-electron chi connectivity index (χ2n) is 3.84. The Morgan fingerprint density at radius 2 is 2.00 bits per heavy atom. The van der Waals surface area contributed by atoms with Crippen molar-refractivity contribution in [2.45, 2.75) is 13.8 Å². The van der Waals surface area contributed by atoms with E-state index in [1.807, 2.05) is 26.0 Å². The molecule has 1 aromatic rings. The summed E-state index contributed by atoms with van der Waals surface area (Å²) in [5.41, 5.74) is 7.27. The van der Waals surface area contributed by atoms with Gasteiger partial charge in [-0.15, -0.1) is 0 Å². The van der Waals surface area contributed by atoms with Gasteiger partial charge < -0.3 is 15.8 Å². The Morgan fingerprint density at radius 1 is 1.33 bits per heavy atom. The van der Waals surface area contributed by atoms with Crippen LogP contribution in [-0.2, 0) is 4.74 Å². The van der Waals surface area contributed by atoms with Crippen molar-refractivity contribution in [3.8, 4) is 0 Å². The molecule has 1 rings (SSSR count). The molecule has 0 unspecified atom stereocenters. The van der Waals surface area contributed by atoms with Gasteiger partial charge in [-0.25, -0.2) is 4.79 Å². The Labute approximate surface area is 114 Å². The van der Waals surface area contributed by atoms with E-state index in [9.17, 15) is 9.59 Å². The van der Waals surface area contributed by atoms with E-state index in [0.29, 0.717) is 5.56 Å². The molecule has 0 aliphatic rings. The summed E-state index contributed by atoms with van der Waals surface area (Å²) in [7, 11) is 0. The average Bonchev–Trinajstić information content (AvgIpc) is 2.28. The Balaban J connectivity index is 2.62. The normalized spacial score (nSPS) is 9.94. The number of benzene rings is 1. The molecule has 0 aliphatic carbocycles. The average molecular weight is 315 g/mol. The van der Waals surface area contributed by atoms with Crippen LogP contribution >= 0.6 is 15.9 Å². The summed E-state index contributed by atoms with van der Waals surface area (Å²) in [6.45, 7) is 4.07. The molecule has 3 N–H and O–H groups in total. The first-order valence-electron chi connectivity index (χ1n) is 5.39. The van der Waals surface area contributed by atoms with Gasteiger partial charge in [0.25, 0.3) is 5.91 Å². The zero-order valence-electron chi connectivity index (χ0n) is 10.2. The van der Waals surface area contributed by atoms with E-state index < -0.39 is 6.09 Å². The number of rotatable bonds is 4. The molecule has 0 aliphatic heterocycles. The number of halogens is 1. The highest BCUT2D eigenvalue weighted by molar-refractivity contribution is 9.10. The third-order valence-electron chi connectivity index (χ3n) is 2.38. The lowest BCUT2D eigenvalue weighted by Crippen LogP contribution is -2.29. The zero-order chi connectivity index (χ0) is 13.7. The molecule has 5 nitrogen and oxygen atoms in total. The van der Waals surface area contributed by atoms with Crippen LogP contribution in [0.2, 0.25) is 0 Å². The third kappa shape index (κ3) is 4.03. The molecule has 0 bridgehead atoms. The molecule has 1 aromatic carbocycles. The molecule has 0 atom stereocenters. The van der Waals surface area contributed by atoms with Gasteiger partial charge in [0.2, 0.25) is 0 Å². The quantitative estimate of drug-likeness (QED) is 0.833. The van der Waals surface area contributed by atoms with Crippen molar-refractivity contribution in [3.05, 3.63) is 33.3 Å². The van der Waals surface area contributed by atoms with Gasteiger partial charge in [0, 0.05) is 10.0 Å². The third-order valence-corrected chi connectivity index (χ3v) is 3.24. The maximum Gasteiger partial charge on any atom is 0.404 e. The van der Waals surface area contributed by atoms with Crippen molar-refractivity contribution in [2.75, 3.05) is 13.2 Å². The number of aryl methyl sites for hydroxylation is 2. The van der Waals surface area contributed by atoms with Gasteiger partial charge in [-0.2, -0.15) is 0 Å². The first kappa shape index (κ1) is 14.5. The lowest BCUT2D eigenvalue weighted by atomic mass is 10.1. The standard InChI is InChI=1S/C12H15BrN2O3/c1-7-6-10(13)8(2)5-9(7)11(16)15-3-4-18-12(14)17/h5-6H,3-4H2,1-2H3,(H2,14,17)(H,15,16). The number of ether oxygens (including phenoxy) is 1. The summed E-state index contributed by atoms with van der Waals surface area (Å²) in [5, 5.41) is 2.65. The van der Waals surface area contributed by atoms with Crippen LogP contribution in [0, 0.1) is 13.8 Å². The predicted octanol–water partition coefficient (Wildman–Crippen LogP) is 1.89. The molecule has 98 valence electrons. The molecular formula is C12H15BrN2O3. The smallest absolute Gasteiger partial charge is 0.404 e. The minimum atomic E-state index is -0.847. The van der Waals surface area contributed by atoms with Crippen LogP contribution in [0.15, 0.2) is 16.6 Å². The van der Waals surface area contributed by atoms with E-state index in [1.165, 1.54) is 0 Å². The van der Waals surface area contributed by atoms with E-state index in [2.05, 4.69) is 26.0 Å². The Bertz CT molecular complexity index is 475. The largest absolute Gasteiger partial charge is 0.448 e. The first-order valence-corrected chi connectivity index (χ1v) is 6.18. The molecule has 0 spiro atoms. The minimum absolute atomic E-state index is 0.0651. The van der Waals surface area contributed by atoms with E-state index in [1.54, 1.807) is 0 Å².